The molecular weight excluding hydrogens is 174 g/mol. The number of carbonyl (C=O) groups excluding carboxylic acids is 1. The molecule has 14 heavy (non-hydrogen) atoms. The summed E-state index contributed by atoms with van der Waals surface area (Å²) in [7, 11) is 0. The molecule has 1 fully saturated rings. The molecule has 1 heterocycles. The Bertz CT molecular complexity index is 228. The van der Waals surface area contributed by atoms with Gasteiger partial charge in [-0.1, -0.05) is 6.08 Å². The van der Waals surface area contributed by atoms with Crippen LogP contribution in [-0.2, 0) is 4.79 Å². The average molecular weight is 193 g/mol. The summed E-state index contributed by atoms with van der Waals surface area (Å²) in [6.07, 6.45) is 10.5. The molecule has 1 unspecified atom stereocenters. The predicted molar refractivity (Wildman–Crippen MR) is 56.9 cm³/mol. The average Bonchev–Trinajstić information content (AvgIpc) is 2.72. The molecule has 78 valence electrons. The third kappa shape index (κ3) is 1.99. The van der Waals surface area contributed by atoms with E-state index in [4.69, 9.17) is 0 Å². The van der Waals surface area contributed by atoms with Crippen molar-refractivity contribution in [3.05, 3.63) is 11.8 Å². The van der Waals surface area contributed by atoms with Crippen LogP contribution in [0.5, 0.6) is 0 Å². The van der Waals surface area contributed by atoms with E-state index in [9.17, 15) is 4.79 Å². The molecule has 1 aliphatic carbocycles. The van der Waals surface area contributed by atoms with Gasteiger partial charge >= 0.3 is 0 Å². The van der Waals surface area contributed by atoms with E-state index in [0.717, 1.165) is 12.7 Å². The minimum absolute atomic E-state index is 0.527. The number of rotatable bonds is 3. The van der Waals surface area contributed by atoms with Crippen molar-refractivity contribution in [2.45, 2.75) is 38.5 Å². The summed E-state index contributed by atoms with van der Waals surface area (Å²) in [6.45, 7) is 2.42. The molecular formula is C12H19NO. The SMILES string of the molecule is O=CCC1CCCC=C1N1CCCC1. The molecule has 0 aromatic carbocycles. The minimum atomic E-state index is 0.527. The van der Waals surface area contributed by atoms with Crippen LogP contribution in [0.25, 0.3) is 0 Å². The van der Waals surface area contributed by atoms with Crippen molar-refractivity contribution in [2.75, 3.05) is 13.1 Å². The molecule has 0 aromatic rings. The molecule has 2 heteroatoms. The zero-order chi connectivity index (χ0) is 9.80. The van der Waals surface area contributed by atoms with Crippen LogP contribution in [0.3, 0.4) is 0 Å². The number of likely N-dealkylation sites (tertiary alicyclic amines) is 1. The second kappa shape index (κ2) is 4.63. The first-order valence-electron chi connectivity index (χ1n) is 5.80. The van der Waals surface area contributed by atoms with E-state index in [1.807, 2.05) is 0 Å². The van der Waals surface area contributed by atoms with Crippen molar-refractivity contribution < 1.29 is 4.79 Å². The fourth-order valence-corrected chi connectivity index (χ4v) is 2.65. The topological polar surface area (TPSA) is 20.3 Å². The maximum Gasteiger partial charge on any atom is 0.120 e. The van der Waals surface area contributed by atoms with Crippen LogP contribution in [0.15, 0.2) is 11.8 Å². The van der Waals surface area contributed by atoms with Gasteiger partial charge in [-0.05, 0) is 32.1 Å². The van der Waals surface area contributed by atoms with E-state index >= 15 is 0 Å². The Morgan fingerprint density at radius 1 is 1.36 bits per heavy atom. The third-order valence-electron chi connectivity index (χ3n) is 3.38. The molecule has 2 rings (SSSR count). The van der Waals surface area contributed by atoms with Crippen LogP contribution >= 0.6 is 0 Å². The summed E-state index contributed by atoms with van der Waals surface area (Å²) in [6, 6.07) is 0. The van der Waals surface area contributed by atoms with Gasteiger partial charge in [0, 0.05) is 31.1 Å². The number of carbonyl (C=O) groups is 1. The fourth-order valence-electron chi connectivity index (χ4n) is 2.65. The normalized spacial score (nSPS) is 27.6. The van der Waals surface area contributed by atoms with Crippen molar-refractivity contribution in [1.29, 1.82) is 0 Å². The lowest BCUT2D eigenvalue weighted by Gasteiger charge is -2.31. The summed E-state index contributed by atoms with van der Waals surface area (Å²) < 4.78 is 0. The second-order valence-electron chi connectivity index (χ2n) is 4.35. The van der Waals surface area contributed by atoms with Gasteiger partial charge in [-0.15, -0.1) is 0 Å². The molecule has 0 saturated carbocycles. The Balaban J connectivity index is 2.04. The summed E-state index contributed by atoms with van der Waals surface area (Å²) in [4.78, 5) is 13.1. The quantitative estimate of drug-likeness (QED) is 0.641. The first-order valence-corrected chi connectivity index (χ1v) is 5.80. The van der Waals surface area contributed by atoms with Gasteiger partial charge in [0.2, 0.25) is 0 Å². The third-order valence-corrected chi connectivity index (χ3v) is 3.38. The Hall–Kier alpha value is -0.790. The van der Waals surface area contributed by atoms with E-state index in [0.29, 0.717) is 5.92 Å². The molecule has 0 N–H and O–H groups in total. The molecule has 1 aliphatic heterocycles. The highest BCUT2D eigenvalue weighted by Gasteiger charge is 2.23. The van der Waals surface area contributed by atoms with Crippen LogP contribution < -0.4 is 0 Å². The van der Waals surface area contributed by atoms with Crippen molar-refractivity contribution in [2.24, 2.45) is 5.92 Å². The summed E-state index contributed by atoms with van der Waals surface area (Å²) >= 11 is 0. The van der Waals surface area contributed by atoms with Crippen LogP contribution in [0, 0.1) is 5.92 Å². The lowest BCUT2D eigenvalue weighted by molar-refractivity contribution is -0.108. The van der Waals surface area contributed by atoms with Crippen LogP contribution in [0.1, 0.15) is 38.5 Å². The van der Waals surface area contributed by atoms with Crippen molar-refractivity contribution in [1.82, 2.24) is 4.90 Å². The number of allylic oxidation sites excluding steroid dienone is 2. The maximum absolute atomic E-state index is 10.6. The van der Waals surface area contributed by atoms with Crippen LogP contribution in [0.2, 0.25) is 0 Å². The van der Waals surface area contributed by atoms with Crippen LogP contribution in [-0.4, -0.2) is 24.3 Å². The molecule has 0 amide bonds. The molecule has 0 spiro atoms. The monoisotopic (exact) mass is 193 g/mol. The van der Waals surface area contributed by atoms with E-state index in [2.05, 4.69) is 11.0 Å². The molecule has 0 bridgehead atoms. The van der Waals surface area contributed by atoms with Gasteiger partial charge in [0.1, 0.15) is 6.29 Å². The van der Waals surface area contributed by atoms with Gasteiger partial charge in [-0.2, -0.15) is 0 Å². The fraction of sp³-hybridized carbons (Fsp3) is 0.750. The summed E-state index contributed by atoms with van der Waals surface area (Å²) in [5.74, 6) is 0.527. The first kappa shape index (κ1) is 9.75. The molecule has 1 saturated heterocycles. The maximum atomic E-state index is 10.6. The summed E-state index contributed by atoms with van der Waals surface area (Å²) in [5, 5.41) is 0. The summed E-state index contributed by atoms with van der Waals surface area (Å²) in [5.41, 5.74) is 1.47. The first-order chi connectivity index (χ1) is 6.92. The lowest BCUT2D eigenvalue weighted by atomic mass is 9.89. The van der Waals surface area contributed by atoms with Crippen molar-refractivity contribution in [3.63, 3.8) is 0 Å². The number of hydrogen-bond acceptors (Lipinski definition) is 2. The van der Waals surface area contributed by atoms with E-state index in [-0.39, 0.29) is 0 Å². The predicted octanol–water partition coefficient (Wildman–Crippen LogP) is 2.36. The Morgan fingerprint density at radius 3 is 2.86 bits per heavy atom. The standard InChI is InChI=1S/C12H19NO/c14-10-7-11-5-1-2-6-12(11)13-8-3-4-9-13/h6,10-11H,1-5,7-9H2. The zero-order valence-corrected chi connectivity index (χ0v) is 8.74. The van der Waals surface area contributed by atoms with E-state index in [1.54, 1.807) is 0 Å². The molecule has 0 aromatic heterocycles. The molecule has 2 nitrogen and oxygen atoms in total. The van der Waals surface area contributed by atoms with Crippen molar-refractivity contribution >= 4 is 6.29 Å². The highest BCUT2D eigenvalue weighted by molar-refractivity contribution is 5.50. The Kier molecular flexibility index (Phi) is 3.22. The van der Waals surface area contributed by atoms with Gasteiger partial charge in [0.15, 0.2) is 0 Å². The van der Waals surface area contributed by atoms with E-state index in [1.165, 1.54) is 50.9 Å². The highest BCUT2D eigenvalue weighted by atomic mass is 16.1. The van der Waals surface area contributed by atoms with Gasteiger partial charge in [-0.25, -0.2) is 0 Å². The molecule has 1 atom stereocenters. The number of aldehydes is 1. The van der Waals surface area contributed by atoms with Gasteiger partial charge in [0.25, 0.3) is 0 Å². The van der Waals surface area contributed by atoms with E-state index < -0.39 is 0 Å². The number of nitrogens with zero attached hydrogens (tertiary/aromatic N) is 1. The highest BCUT2D eigenvalue weighted by Crippen LogP contribution is 2.31. The van der Waals surface area contributed by atoms with Gasteiger partial charge in [0.05, 0.1) is 0 Å². The zero-order valence-electron chi connectivity index (χ0n) is 8.74. The van der Waals surface area contributed by atoms with Gasteiger partial charge < -0.3 is 9.69 Å². The Labute approximate surface area is 86.0 Å². The Morgan fingerprint density at radius 2 is 2.14 bits per heavy atom. The molecule has 2 aliphatic rings. The number of hydrogen-bond donors (Lipinski definition) is 0. The van der Waals surface area contributed by atoms with Crippen LogP contribution in [0.4, 0.5) is 0 Å². The second-order valence-corrected chi connectivity index (χ2v) is 4.35. The smallest absolute Gasteiger partial charge is 0.120 e. The lowest BCUT2D eigenvalue weighted by Crippen LogP contribution is -2.26. The minimum Gasteiger partial charge on any atom is -0.375 e. The molecule has 0 radical (unpaired) electrons. The van der Waals surface area contributed by atoms with Crippen molar-refractivity contribution in [3.8, 4) is 0 Å². The largest absolute Gasteiger partial charge is 0.375 e. The van der Waals surface area contributed by atoms with Gasteiger partial charge in [-0.3, -0.25) is 0 Å².